The van der Waals surface area contributed by atoms with Gasteiger partial charge in [0.2, 0.25) is 0 Å². The van der Waals surface area contributed by atoms with Crippen molar-refractivity contribution in [1.29, 1.82) is 5.53 Å². The first kappa shape index (κ1) is 17.0. The molecule has 4 nitrogen and oxygen atoms in total. The van der Waals surface area contributed by atoms with Crippen molar-refractivity contribution in [3.05, 3.63) is 41.5 Å². The molecule has 0 aliphatic carbocycles. The van der Waals surface area contributed by atoms with Crippen LogP contribution in [-0.4, -0.2) is 13.7 Å². The molecule has 0 aromatic heterocycles. The van der Waals surface area contributed by atoms with Crippen molar-refractivity contribution in [3.63, 3.8) is 0 Å². The molecule has 0 aliphatic rings. The predicted molar refractivity (Wildman–Crippen MR) is 93.1 cm³/mol. The third-order valence-electron chi connectivity index (χ3n) is 3.91. The van der Waals surface area contributed by atoms with E-state index in [4.69, 9.17) is 15.0 Å². The number of nitrogens with one attached hydrogen (secondary N) is 1. The molecule has 0 spiro atoms. The number of ether oxygens (including phenoxy) is 2. The Morgan fingerprint density at radius 1 is 1.04 bits per heavy atom. The lowest BCUT2D eigenvalue weighted by atomic mass is 9.95. The second-order valence-electron chi connectivity index (χ2n) is 5.63. The summed E-state index contributed by atoms with van der Waals surface area (Å²) in [4.78, 5) is 0. The van der Waals surface area contributed by atoms with Gasteiger partial charge in [-0.2, -0.15) is 5.11 Å². The lowest BCUT2D eigenvalue weighted by Gasteiger charge is -2.15. The Hall–Kier alpha value is -2.36. The molecule has 2 aromatic carbocycles. The van der Waals surface area contributed by atoms with Crippen LogP contribution in [0.2, 0.25) is 0 Å². The zero-order valence-electron chi connectivity index (χ0n) is 14.3. The number of nitrogens with zero attached hydrogens (tertiary/aromatic N) is 1. The summed E-state index contributed by atoms with van der Waals surface area (Å²) in [6, 6.07) is 9.95. The van der Waals surface area contributed by atoms with E-state index in [1.165, 1.54) is 0 Å². The number of hydrogen-bond acceptors (Lipinski definition) is 4. The molecule has 0 atom stereocenters. The van der Waals surface area contributed by atoms with Crippen LogP contribution in [-0.2, 0) is 0 Å². The fourth-order valence-corrected chi connectivity index (χ4v) is 2.56. The fourth-order valence-electron chi connectivity index (χ4n) is 2.56. The van der Waals surface area contributed by atoms with E-state index >= 15 is 0 Å². The SMILES string of the molecule is CCCCOc1cc(-c2ccc(OC)cc2C)c(C)cc1N=N. The molecule has 0 saturated carbocycles. The Morgan fingerprint density at radius 2 is 1.78 bits per heavy atom. The molecule has 0 saturated heterocycles. The Kier molecular flexibility index (Phi) is 5.74. The maximum atomic E-state index is 7.36. The van der Waals surface area contributed by atoms with Crippen LogP contribution in [0.15, 0.2) is 35.4 Å². The van der Waals surface area contributed by atoms with Gasteiger partial charge in [-0.15, -0.1) is 0 Å². The van der Waals surface area contributed by atoms with Crippen molar-refractivity contribution in [2.45, 2.75) is 33.6 Å². The summed E-state index contributed by atoms with van der Waals surface area (Å²) in [6.07, 6.45) is 2.06. The summed E-state index contributed by atoms with van der Waals surface area (Å²) < 4.78 is 11.1. The quantitative estimate of drug-likeness (QED) is 0.517. The first-order chi connectivity index (χ1) is 11.1. The highest BCUT2D eigenvalue weighted by atomic mass is 16.5. The molecule has 4 heteroatoms. The Labute approximate surface area is 138 Å². The number of benzene rings is 2. The van der Waals surface area contributed by atoms with E-state index < -0.39 is 0 Å². The highest BCUT2D eigenvalue weighted by Gasteiger charge is 2.12. The molecule has 0 amide bonds. The van der Waals surface area contributed by atoms with E-state index in [0.29, 0.717) is 18.0 Å². The predicted octanol–water partition coefficient (Wildman–Crippen LogP) is 5.82. The second-order valence-corrected chi connectivity index (χ2v) is 5.63. The fraction of sp³-hybridized carbons (Fsp3) is 0.368. The van der Waals surface area contributed by atoms with Crippen LogP contribution in [0.4, 0.5) is 5.69 Å². The topological polar surface area (TPSA) is 54.7 Å². The summed E-state index contributed by atoms with van der Waals surface area (Å²) >= 11 is 0. The lowest BCUT2D eigenvalue weighted by molar-refractivity contribution is 0.310. The first-order valence-corrected chi connectivity index (χ1v) is 7.90. The number of aryl methyl sites for hydroxylation is 2. The third-order valence-corrected chi connectivity index (χ3v) is 3.91. The van der Waals surface area contributed by atoms with E-state index in [1.54, 1.807) is 7.11 Å². The third kappa shape index (κ3) is 3.89. The van der Waals surface area contributed by atoms with Crippen LogP contribution in [0.1, 0.15) is 30.9 Å². The van der Waals surface area contributed by atoms with Crippen LogP contribution >= 0.6 is 0 Å². The monoisotopic (exact) mass is 312 g/mol. The smallest absolute Gasteiger partial charge is 0.147 e. The molecular weight excluding hydrogens is 288 g/mol. The van der Waals surface area contributed by atoms with Crippen LogP contribution in [0.5, 0.6) is 11.5 Å². The molecule has 0 heterocycles. The van der Waals surface area contributed by atoms with Crippen molar-refractivity contribution in [1.82, 2.24) is 0 Å². The Morgan fingerprint density at radius 3 is 2.39 bits per heavy atom. The molecule has 122 valence electrons. The number of unbranched alkanes of at least 4 members (excludes halogenated alkanes) is 1. The zero-order valence-corrected chi connectivity index (χ0v) is 14.3. The maximum absolute atomic E-state index is 7.36. The highest BCUT2D eigenvalue weighted by molar-refractivity contribution is 5.75. The van der Waals surface area contributed by atoms with Gasteiger partial charge in [0.25, 0.3) is 0 Å². The summed E-state index contributed by atoms with van der Waals surface area (Å²) in [5.74, 6) is 1.52. The number of rotatable bonds is 7. The van der Waals surface area contributed by atoms with E-state index in [9.17, 15) is 0 Å². The summed E-state index contributed by atoms with van der Waals surface area (Å²) in [7, 11) is 1.67. The molecular formula is C19H24N2O2. The minimum Gasteiger partial charge on any atom is -0.497 e. The number of hydrogen-bond donors (Lipinski definition) is 1. The van der Waals surface area contributed by atoms with Crippen molar-refractivity contribution in [2.75, 3.05) is 13.7 Å². The van der Waals surface area contributed by atoms with Crippen LogP contribution < -0.4 is 9.47 Å². The van der Waals surface area contributed by atoms with Crippen molar-refractivity contribution in [3.8, 4) is 22.6 Å². The van der Waals surface area contributed by atoms with Crippen molar-refractivity contribution < 1.29 is 9.47 Å². The zero-order chi connectivity index (χ0) is 16.8. The van der Waals surface area contributed by atoms with E-state index in [2.05, 4.69) is 25.0 Å². The Bertz CT molecular complexity index is 696. The maximum Gasteiger partial charge on any atom is 0.147 e. The van der Waals surface area contributed by atoms with Crippen molar-refractivity contribution >= 4 is 5.69 Å². The summed E-state index contributed by atoms with van der Waals surface area (Å²) in [6.45, 7) is 6.87. The van der Waals surface area contributed by atoms with E-state index in [0.717, 1.165) is 40.8 Å². The molecule has 0 aliphatic heterocycles. The molecule has 0 fully saturated rings. The molecule has 0 radical (unpaired) electrons. The standard InChI is InChI=1S/C19H24N2O2/c1-5-6-9-23-19-12-17(14(3)11-18(19)21-20)16-8-7-15(22-4)10-13(16)2/h7-8,10-12,20H,5-6,9H2,1-4H3. The average Bonchev–Trinajstić information content (AvgIpc) is 2.56. The van der Waals surface area contributed by atoms with Gasteiger partial charge >= 0.3 is 0 Å². The van der Waals surface area contributed by atoms with E-state index in [-0.39, 0.29) is 0 Å². The first-order valence-electron chi connectivity index (χ1n) is 7.90. The molecule has 2 rings (SSSR count). The minimum atomic E-state index is 0.577. The minimum absolute atomic E-state index is 0.577. The second kappa shape index (κ2) is 7.77. The van der Waals surface area contributed by atoms with Gasteiger partial charge in [-0.25, -0.2) is 5.53 Å². The molecule has 0 unspecified atom stereocenters. The van der Waals surface area contributed by atoms with Crippen LogP contribution in [0.25, 0.3) is 11.1 Å². The van der Waals surface area contributed by atoms with Gasteiger partial charge < -0.3 is 9.47 Å². The van der Waals surface area contributed by atoms with Gasteiger partial charge in [-0.3, -0.25) is 0 Å². The lowest BCUT2D eigenvalue weighted by Crippen LogP contribution is -1.98. The molecule has 23 heavy (non-hydrogen) atoms. The molecule has 0 bridgehead atoms. The summed E-state index contributed by atoms with van der Waals surface area (Å²) in [5.41, 5.74) is 12.4. The van der Waals surface area contributed by atoms with E-state index in [1.807, 2.05) is 31.2 Å². The largest absolute Gasteiger partial charge is 0.497 e. The Balaban J connectivity index is 2.45. The van der Waals surface area contributed by atoms with Gasteiger partial charge in [0.15, 0.2) is 0 Å². The highest BCUT2D eigenvalue weighted by Crippen LogP contribution is 2.37. The van der Waals surface area contributed by atoms with Crippen molar-refractivity contribution in [2.24, 2.45) is 5.11 Å². The van der Waals surface area contributed by atoms with Gasteiger partial charge in [0, 0.05) is 0 Å². The van der Waals surface area contributed by atoms with Gasteiger partial charge in [-0.05, 0) is 66.8 Å². The van der Waals surface area contributed by atoms with Gasteiger partial charge in [0.05, 0.1) is 13.7 Å². The molecule has 2 aromatic rings. The average molecular weight is 312 g/mol. The number of methoxy groups -OCH3 is 1. The van der Waals surface area contributed by atoms with Gasteiger partial charge in [-0.1, -0.05) is 19.4 Å². The van der Waals surface area contributed by atoms with Crippen LogP contribution in [0, 0.1) is 19.4 Å². The van der Waals surface area contributed by atoms with Crippen LogP contribution in [0.3, 0.4) is 0 Å². The summed E-state index contributed by atoms with van der Waals surface area (Å²) in [5, 5.41) is 3.60. The van der Waals surface area contributed by atoms with Gasteiger partial charge in [0.1, 0.15) is 17.2 Å². The normalized spacial score (nSPS) is 10.4. The molecule has 1 N–H and O–H groups in total.